The van der Waals surface area contributed by atoms with Crippen LogP contribution in [0.1, 0.15) is 0 Å². The lowest BCUT2D eigenvalue weighted by Gasteiger charge is -2.17. The van der Waals surface area contributed by atoms with Crippen LogP contribution in [0.3, 0.4) is 0 Å². The number of hydrogen-bond donors (Lipinski definition) is 1. The van der Waals surface area contributed by atoms with Gasteiger partial charge in [0, 0.05) is 31.0 Å². The van der Waals surface area contributed by atoms with E-state index in [-0.39, 0.29) is 0 Å². The molecule has 4 nitrogen and oxygen atoms in total. The number of nitrogens with one attached hydrogen (secondary N) is 1. The van der Waals surface area contributed by atoms with E-state index in [1.54, 1.807) is 0 Å². The minimum atomic E-state index is -0.466. The normalized spacial score (nSPS) is 9.95. The maximum absolute atomic E-state index is 11.1. The van der Waals surface area contributed by atoms with Crippen molar-refractivity contribution in [1.29, 1.82) is 0 Å². The number of methoxy groups -OCH3 is 1. The van der Waals surface area contributed by atoms with E-state index in [2.05, 4.69) is 27.1 Å². The van der Waals surface area contributed by atoms with Crippen molar-refractivity contribution in [2.45, 2.75) is 0 Å². The molecule has 0 unspecified atom stereocenters. The quantitative estimate of drug-likeness (QED) is 0.926. The maximum Gasteiger partial charge on any atom is 0.411 e. The highest BCUT2D eigenvalue weighted by Crippen LogP contribution is 2.30. The van der Waals surface area contributed by atoms with Crippen LogP contribution in [0.25, 0.3) is 11.1 Å². The van der Waals surface area contributed by atoms with E-state index in [9.17, 15) is 4.79 Å². The molecule has 0 aliphatic heterocycles. The summed E-state index contributed by atoms with van der Waals surface area (Å²) in [7, 11) is 5.38. The van der Waals surface area contributed by atoms with Crippen molar-refractivity contribution in [1.82, 2.24) is 0 Å². The number of benzene rings is 2. The molecule has 0 aliphatic rings. The molecule has 2 aromatic rings. The zero-order valence-electron chi connectivity index (χ0n) is 11.9. The highest BCUT2D eigenvalue weighted by molar-refractivity contribution is 5.85. The van der Waals surface area contributed by atoms with E-state index >= 15 is 0 Å². The van der Waals surface area contributed by atoms with E-state index < -0.39 is 6.09 Å². The molecule has 0 heterocycles. The monoisotopic (exact) mass is 270 g/mol. The number of carbonyl (C=O) groups excluding carboxylic acids is 1. The molecule has 0 atom stereocenters. The standard InChI is InChI=1S/C16H18N2O2/c1-18(2)15-7-5-4-6-14(15)12-8-10-13(11-9-12)17-16(19)20-3/h4-11H,1-3H3,(H,17,19). The fourth-order valence-electron chi connectivity index (χ4n) is 2.01. The zero-order valence-corrected chi connectivity index (χ0v) is 11.9. The van der Waals surface area contributed by atoms with Crippen molar-refractivity contribution in [3.05, 3.63) is 48.5 Å². The lowest BCUT2D eigenvalue weighted by molar-refractivity contribution is 0.187. The molecule has 0 aliphatic carbocycles. The highest BCUT2D eigenvalue weighted by atomic mass is 16.5. The van der Waals surface area contributed by atoms with E-state index in [0.717, 1.165) is 16.8 Å². The first-order valence-electron chi connectivity index (χ1n) is 6.33. The first kappa shape index (κ1) is 13.9. The molecule has 4 heteroatoms. The van der Waals surface area contributed by atoms with Gasteiger partial charge in [0.2, 0.25) is 0 Å². The second-order valence-corrected chi connectivity index (χ2v) is 4.61. The summed E-state index contributed by atoms with van der Waals surface area (Å²) in [5.41, 5.74) is 4.12. The Morgan fingerprint density at radius 2 is 1.70 bits per heavy atom. The van der Waals surface area contributed by atoms with Gasteiger partial charge in [-0.3, -0.25) is 5.32 Å². The van der Waals surface area contributed by atoms with Crippen LogP contribution < -0.4 is 10.2 Å². The van der Waals surface area contributed by atoms with Crippen LogP contribution in [-0.4, -0.2) is 27.3 Å². The summed E-state index contributed by atoms with van der Waals surface area (Å²) < 4.78 is 4.56. The van der Waals surface area contributed by atoms with Crippen molar-refractivity contribution in [3.8, 4) is 11.1 Å². The van der Waals surface area contributed by atoms with Crippen LogP contribution in [0.15, 0.2) is 48.5 Å². The third-order valence-electron chi connectivity index (χ3n) is 3.01. The van der Waals surface area contributed by atoms with Crippen LogP contribution in [-0.2, 0) is 4.74 Å². The lowest BCUT2D eigenvalue weighted by atomic mass is 10.0. The summed E-state index contributed by atoms with van der Waals surface area (Å²) in [5.74, 6) is 0. The predicted octanol–water partition coefficient (Wildman–Crippen LogP) is 3.60. The molecule has 0 aromatic heterocycles. The Labute approximate surface area is 119 Å². The Hall–Kier alpha value is -2.49. The number of nitrogens with zero attached hydrogens (tertiary/aromatic N) is 1. The summed E-state index contributed by atoms with van der Waals surface area (Å²) in [6.07, 6.45) is -0.466. The van der Waals surface area contributed by atoms with Gasteiger partial charge < -0.3 is 9.64 Å². The minimum absolute atomic E-state index is 0.466. The fourth-order valence-corrected chi connectivity index (χ4v) is 2.01. The van der Waals surface area contributed by atoms with Crippen molar-refractivity contribution in [2.24, 2.45) is 0 Å². The average molecular weight is 270 g/mol. The molecule has 0 fully saturated rings. The minimum Gasteiger partial charge on any atom is -0.453 e. The van der Waals surface area contributed by atoms with Gasteiger partial charge >= 0.3 is 6.09 Å². The summed E-state index contributed by atoms with van der Waals surface area (Å²) >= 11 is 0. The summed E-state index contributed by atoms with van der Waals surface area (Å²) in [4.78, 5) is 13.2. The number of anilines is 2. The number of carbonyl (C=O) groups is 1. The van der Waals surface area contributed by atoms with Gasteiger partial charge in [0.05, 0.1) is 7.11 Å². The smallest absolute Gasteiger partial charge is 0.411 e. The number of ether oxygens (including phenoxy) is 1. The Morgan fingerprint density at radius 3 is 2.30 bits per heavy atom. The van der Waals surface area contributed by atoms with Crippen LogP contribution in [0, 0.1) is 0 Å². The van der Waals surface area contributed by atoms with Gasteiger partial charge in [-0.25, -0.2) is 4.79 Å². The van der Waals surface area contributed by atoms with E-state index in [1.165, 1.54) is 7.11 Å². The summed E-state index contributed by atoms with van der Waals surface area (Å²) in [6.45, 7) is 0. The van der Waals surface area contributed by atoms with Crippen LogP contribution in [0.4, 0.5) is 16.2 Å². The molecular weight excluding hydrogens is 252 g/mol. The topological polar surface area (TPSA) is 41.6 Å². The third-order valence-corrected chi connectivity index (χ3v) is 3.01. The molecular formula is C16H18N2O2. The van der Waals surface area contributed by atoms with Gasteiger partial charge in [-0.15, -0.1) is 0 Å². The lowest BCUT2D eigenvalue weighted by Crippen LogP contribution is -2.11. The van der Waals surface area contributed by atoms with Crippen LogP contribution >= 0.6 is 0 Å². The largest absolute Gasteiger partial charge is 0.453 e. The van der Waals surface area contributed by atoms with Crippen LogP contribution in [0.2, 0.25) is 0 Å². The molecule has 2 rings (SSSR count). The number of rotatable bonds is 3. The number of hydrogen-bond acceptors (Lipinski definition) is 3. The van der Waals surface area contributed by atoms with Crippen molar-refractivity contribution < 1.29 is 9.53 Å². The summed E-state index contributed by atoms with van der Waals surface area (Å²) in [5, 5.41) is 2.64. The second kappa shape index (κ2) is 6.10. The molecule has 1 amide bonds. The molecule has 20 heavy (non-hydrogen) atoms. The molecule has 0 saturated carbocycles. The van der Waals surface area contributed by atoms with Crippen molar-refractivity contribution >= 4 is 17.5 Å². The van der Waals surface area contributed by atoms with Crippen molar-refractivity contribution in [2.75, 3.05) is 31.4 Å². The van der Waals surface area contributed by atoms with Gasteiger partial charge in [0.1, 0.15) is 0 Å². The maximum atomic E-state index is 11.1. The Morgan fingerprint density at radius 1 is 1.05 bits per heavy atom. The molecule has 0 saturated heterocycles. The zero-order chi connectivity index (χ0) is 14.5. The van der Waals surface area contributed by atoms with Gasteiger partial charge in [-0.1, -0.05) is 30.3 Å². The van der Waals surface area contributed by atoms with Crippen molar-refractivity contribution in [3.63, 3.8) is 0 Å². The van der Waals surface area contributed by atoms with Gasteiger partial charge in [-0.2, -0.15) is 0 Å². The first-order chi connectivity index (χ1) is 9.61. The molecule has 0 radical (unpaired) electrons. The molecule has 104 valence electrons. The van der Waals surface area contributed by atoms with E-state index in [0.29, 0.717) is 5.69 Å². The summed E-state index contributed by atoms with van der Waals surface area (Å²) in [6, 6.07) is 15.9. The van der Waals surface area contributed by atoms with E-state index in [1.807, 2.05) is 50.5 Å². The van der Waals surface area contributed by atoms with Crippen LogP contribution in [0.5, 0.6) is 0 Å². The molecule has 1 N–H and O–H groups in total. The Bertz CT molecular complexity index is 592. The number of amides is 1. The SMILES string of the molecule is COC(=O)Nc1ccc(-c2ccccc2N(C)C)cc1. The first-order valence-corrected chi connectivity index (χ1v) is 6.33. The van der Waals surface area contributed by atoms with Gasteiger partial charge in [0.15, 0.2) is 0 Å². The second-order valence-electron chi connectivity index (χ2n) is 4.61. The van der Waals surface area contributed by atoms with Gasteiger partial charge in [0.25, 0.3) is 0 Å². The molecule has 2 aromatic carbocycles. The molecule has 0 spiro atoms. The fraction of sp³-hybridized carbons (Fsp3) is 0.188. The highest BCUT2D eigenvalue weighted by Gasteiger charge is 2.06. The Kier molecular flexibility index (Phi) is 4.25. The Balaban J connectivity index is 2.28. The predicted molar refractivity (Wildman–Crippen MR) is 82.2 cm³/mol. The van der Waals surface area contributed by atoms with E-state index in [4.69, 9.17) is 0 Å². The number of para-hydroxylation sites is 1. The average Bonchev–Trinajstić information content (AvgIpc) is 2.48. The molecule has 0 bridgehead atoms. The van der Waals surface area contributed by atoms with Gasteiger partial charge in [-0.05, 0) is 23.8 Å². The third kappa shape index (κ3) is 3.09.